The smallest absolute Gasteiger partial charge is 0.303 e. The van der Waals surface area contributed by atoms with Gasteiger partial charge in [0.15, 0.2) is 0 Å². The Morgan fingerprint density at radius 3 is 2.62 bits per heavy atom. The molecule has 0 heterocycles. The molecule has 0 saturated heterocycles. The lowest BCUT2D eigenvalue weighted by atomic mass is 10.2. The molecule has 2 amide bonds. The summed E-state index contributed by atoms with van der Waals surface area (Å²) in [5.74, 6) is -5.05. The normalized spacial score (nSPS) is 15.7. The van der Waals surface area contributed by atoms with Crippen LogP contribution in [0.25, 0.3) is 0 Å². The lowest BCUT2D eigenvalue weighted by Gasteiger charge is -2.14. The summed E-state index contributed by atoms with van der Waals surface area (Å²) >= 11 is 0. The van der Waals surface area contributed by atoms with E-state index < -0.39 is 42.4 Å². The molecule has 0 fully saturated rings. The number of benzene rings is 1. The van der Waals surface area contributed by atoms with Crippen LogP contribution in [0.2, 0.25) is 0 Å². The van der Waals surface area contributed by atoms with Crippen LogP contribution in [0.15, 0.2) is 24.3 Å². The van der Waals surface area contributed by atoms with Crippen molar-refractivity contribution < 1.29 is 29.4 Å². The van der Waals surface area contributed by atoms with Crippen LogP contribution in [-0.4, -0.2) is 28.9 Å². The van der Waals surface area contributed by atoms with E-state index in [4.69, 9.17) is 10.6 Å². The van der Waals surface area contributed by atoms with E-state index in [0.29, 0.717) is 0 Å². The van der Waals surface area contributed by atoms with Gasteiger partial charge in [0.25, 0.3) is 0 Å². The summed E-state index contributed by atoms with van der Waals surface area (Å²) in [6, 6.07) is 4.40. The van der Waals surface area contributed by atoms with Crippen LogP contribution in [0.5, 0.6) is 0 Å². The van der Waals surface area contributed by atoms with E-state index in [1.54, 1.807) is 6.07 Å². The Bertz CT molecular complexity index is 685. The molecule has 1 aromatic carbocycles. The summed E-state index contributed by atoms with van der Waals surface area (Å²) in [7, 11) is 0. The van der Waals surface area contributed by atoms with Gasteiger partial charge in [-0.15, -0.1) is 0 Å². The van der Waals surface area contributed by atoms with E-state index in [-0.39, 0.29) is 12.1 Å². The van der Waals surface area contributed by atoms with Gasteiger partial charge in [0, 0.05) is 24.0 Å². The molecular formula is C14H17FN2O4. The molecule has 7 heteroatoms. The van der Waals surface area contributed by atoms with Crippen LogP contribution >= 0.6 is 0 Å². The standard InChI is InChI=1S/C14H17FN2O4/c1-9(17-12(18)6-7-13(19)20)14(21)16-8-10-4-2-3-5-11(10)15/h2-5,9H,6-8H2,1H3,(H,16,21)(H,17,18)(H,19,20)/t9-/m1/s1/i6D2,7D2. The third kappa shape index (κ3) is 6.03. The van der Waals surface area contributed by atoms with Gasteiger partial charge in [0.2, 0.25) is 11.8 Å². The minimum atomic E-state index is -3.49. The van der Waals surface area contributed by atoms with Crippen molar-refractivity contribution in [3.63, 3.8) is 0 Å². The molecule has 1 rings (SSSR count). The fourth-order valence-corrected chi connectivity index (χ4v) is 1.39. The number of rotatable bonds is 7. The predicted octanol–water partition coefficient (Wildman–Crippen LogP) is 0.811. The van der Waals surface area contributed by atoms with Crippen LogP contribution in [0.3, 0.4) is 0 Å². The summed E-state index contributed by atoms with van der Waals surface area (Å²) < 4.78 is 42.6. The monoisotopic (exact) mass is 300 g/mol. The average molecular weight is 300 g/mol. The molecule has 0 unspecified atom stereocenters. The first kappa shape index (κ1) is 11.2. The first-order chi connectivity index (χ1) is 11.4. The van der Waals surface area contributed by atoms with Gasteiger partial charge in [-0.05, 0) is 13.0 Å². The molecule has 1 aromatic rings. The summed E-state index contributed by atoms with van der Waals surface area (Å²) in [6.07, 6.45) is -6.89. The molecule has 0 aliphatic rings. The zero-order valence-corrected chi connectivity index (χ0v) is 11.1. The van der Waals surface area contributed by atoms with Crippen molar-refractivity contribution in [2.75, 3.05) is 0 Å². The van der Waals surface area contributed by atoms with Crippen molar-refractivity contribution in [1.82, 2.24) is 10.6 Å². The summed E-state index contributed by atoms with van der Waals surface area (Å²) in [4.78, 5) is 34.5. The summed E-state index contributed by atoms with van der Waals surface area (Å²) in [6.45, 7) is 1.02. The SMILES string of the molecule is [2H]C([2H])(C(=O)O)C([2H])([2H])C(=O)N[C@H](C)C(=O)NCc1ccccc1F. The number of halogens is 1. The van der Waals surface area contributed by atoms with E-state index in [9.17, 15) is 18.8 Å². The predicted molar refractivity (Wildman–Crippen MR) is 72.7 cm³/mol. The number of carboxylic acids is 1. The number of aliphatic carboxylic acids is 1. The van der Waals surface area contributed by atoms with Crippen LogP contribution in [-0.2, 0) is 20.9 Å². The van der Waals surface area contributed by atoms with Crippen molar-refractivity contribution in [3.8, 4) is 0 Å². The fourth-order valence-electron chi connectivity index (χ4n) is 1.39. The number of amides is 2. The number of carboxylic acid groups (broad SMARTS) is 1. The highest BCUT2D eigenvalue weighted by atomic mass is 19.1. The van der Waals surface area contributed by atoms with Crippen LogP contribution in [0.1, 0.15) is 30.7 Å². The molecule has 114 valence electrons. The largest absolute Gasteiger partial charge is 0.481 e. The summed E-state index contributed by atoms with van der Waals surface area (Å²) in [5.41, 5.74) is 0.201. The zero-order chi connectivity index (χ0) is 19.4. The maximum atomic E-state index is 13.4. The second-order valence-corrected chi connectivity index (χ2v) is 4.06. The number of carbonyl (C=O) groups excluding carboxylic acids is 2. The maximum Gasteiger partial charge on any atom is 0.303 e. The molecule has 0 spiro atoms. The minimum Gasteiger partial charge on any atom is -0.481 e. The maximum absolute atomic E-state index is 13.4. The third-order valence-electron chi connectivity index (χ3n) is 2.43. The third-order valence-corrected chi connectivity index (χ3v) is 2.43. The Morgan fingerprint density at radius 2 is 2.00 bits per heavy atom. The van der Waals surface area contributed by atoms with E-state index in [2.05, 4.69) is 5.32 Å². The van der Waals surface area contributed by atoms with Crippen molar-refractivity contribution in [2.45, 2.75) is 32.3 Å². The highest BCUT2D eigenvalue weighted by Crippen LogP contribution is 2.05. The first-order valence-corrected chi connectivity index (χ1v) is 5.96. The lowest BCUT2D eigenvalue weighted by molar-refractivity contribution is -0.139. The van der Waals surface area contributed by atoms with Gasteiger partial charge in [0.05, 0.1) is 6.37 Å². The van der Waals surface area contributed by atoms with Crippen molar-refractivity contribution in [2.24, 2.45) is 0 Å². The molecule has 6 nitrogen and oxygen atoms in total. The molecular weight excluding hydrogens is 279 g/mol. The van der Waals surface area contributed by atoms with Crippen molar-refractivity contribution in [3.05, 3.63) is 35.6 Å². The molecule has 0 aromatic heterocycles. The molecule has 3 N–H and O–H groups in total. The highest BCUT2D eigenvalue weighted by Gasteiger charge is 2.16. The zero-order valence-electron chi connectivity index (χ0n) is 15.1. The summed E-state index contributed by atoms with van der Waals surface area (Å²) in [5, 5.41) is 12.9. The number of nitrogens with one attached hydrogen (secondary N) is 2. The molecule has 0 aliphatic heterocycles. The van der Waals surface area contributed by atoms with Crippen LogP contribution in [0.4, 0.5) is 4.39 Å². The first-order valence-electron chi connectivity index (χ1n) is 7.96. The number of hydrogen-bond donors (Lipinski definition) is 3. The molecule has 0 bridgehead atoms. The molecule has 0 saturated carbocycles. The van der Waals surface area contributed by atoms with Gasteiger partial charge < -0.3 is 15.7 Å². The number of hydrogen-bond acceptors (Lipinski definition) is 3. The molecule has 0 aliphatic carbocycles. The Labute approximate surface area is 127 Å². The van der Waals surface area contributed by atoms with Crippen LogP contribution < -0.4 is 10.6 Å². The second-order valence-electron chi connectivity index (χ2n) is 4.06. The Hall–Kier alpha value is -2.44. The Morgan fingerprint density at radius 1 is 1.33 bits per heavy atom. The van der Waals surface area contributed by atoms with Gasteiger partial charge in [-0.2, -0.15) is 0 Å². The minimum absolute atomic E-state index is 0.172. The van der Waals surface area contributed by atoms with Crippen molar-refractivity contribution in [1.29, 1.82) is 0 Å². The fraction of sp³-hybridized carbons (Fsp3) is 0.357. The average Bonchev–Trinajstić information content (AvgIpc) is 2.53. The van der Waals surface area contributed by atoms with E-state index >= 15 is 0 Å². The quantitative estimate of drug-likeness (QED) is 0.694. The topological polar surface area (TPSA) is 95.5 Å². The lowest BCUT2D eigenvalue weighted by Crippen LogP contribution is -2.44. The molecule has 21 heavy (non-hydrogen) atoms. The van der Waals surface area contributed by atoms with Gasteiger partial charge in [-0.25, -0.2) is 4.39 Å². The van der Waals surface area contributed by atoms with E-state index in [0.717, 1.165) is 0 Å². The highest BCUT2D eigenvalue weighted by molar-refractivity contribution is 5.88. The van der Waals surface area contributed by atoms with Crippen molar-refractivity contribution >= 4 is 17.8 Å². The van der Waals surface area contributed by atoms with E-state index in [1.165, 1.54) is 25.1 Å². The Balaban J connectivity index is 2.70. The van der Waals surface area contributed by atoms with Gasteiger partial charge in [-0.3, -0.25) is 14.4 Å². The molecule has 1 atom stereocenters. The Kier molecular flexibility index (Phi) is 4.27. The number of carbonyl (C=O) groups is 3. The van der Waals surface area contributed by atoms with E-state index in [1.807, 2.05) is 5.32 Å². The molecule has 0 radical (unpaired) electrons. The van der Waals surface area contributed by atoms with Gasteiger partial charge in [-0.1, -0.05) is 18.2 Å². The van der Waals surface area contributed by atoms with Gasteiger partial charge in [0.1, 0.15) is 11.9 Å². The van der Waals surface area contributed by atoms with Crippen LogP contribution in [0, 0.1) is 5.82 Å². The van der Waals surface area contributed by atoms with Gasteiger partial charge >= 0.3 is 5.97 Å². The second kappa shape index (κ2) is 7.98.